The van der Waals surface area contributed by atoms with Crippen LogP contribution in [0.15, 0.2) is 24.4 Å². The number of rotatable bonds is 4. The van der Waals surface area contributed by atoms with E-state index in [0.29, 0.717) is 5.69 Å². The van der Waals surface area contributed by atoms with Gasteiger partial charge in [0.2, 0.25) is 10.0 Å². The molecule has 5 nitrogen and oxygen atoms in total. The van der Waals surface area contributed by atoms with E-state index in [1.54, 1.807) is 30.5 Å². The first kappa shape index (κ1) is 10.6. The molecular weight excluding hydrogens is 202 g/mol. The Morgan fingerprint density at radius 2 is 2.29 bits per heavy atom. The predicted octanol–water partition coefficient (Wildman–Crippen LogP) is 0.0246. The highest BCUT2D eigenvalue weighted by Crippen LogP contribution is 1.93. The molecule has 1 rings (SSSR count). The fourth-order valence-corrected chi connectivity index (χ4v) is 1.46. The standard InChI is InChI=1S/C8H9N3O2S/c9-4-6-14(12,13)11-7-8-3-1-2-5-10-8/h1-3,5,11H,6-7H2. The van der Waals surface area contributed by atoms with Gasteiger partial charge >= 0.3 is 0 Å². The molecule has 1 heterocycles. The first-order valence-corrected chi connectivity index (χ1v) is 5.53. The Morgan fingerprint density at radius 3 is 2.86 bits per heavy atom. The van der Waals surface area contributed by atoms with E-state index in [9.17, 15) is 8.42 Å². The summed E-state index contributed by atoms with van der Waals surface area (Å²) in [5.41, 5.74) is 0.619. The molecule has 0 saturated heterocycles. The van der Waals surface area contributed by atoms with Gasteiger partial charge in [0, 0.05) is 6.20 Å². The number of pyridine rings is 1. The summed E-state index contributed by atoms with van der Waals surface area (Å²) in [4.78, 5) is 3.93. The van der Waals surface area contributed by atoms with E-state index in [4.69, 9.17) is 5.26 Å². The summed E-state index contributed by atoms with van der Waals surface area (Å²) < 4.78 is 24.3. The second kappa shape index (κ2) is 4.69. The molecule has 0 radical (unpaired) electrons. The number of nitrogens with one attached hydrogen (secondary N) is 1. The zero-order chi connectivity index (χ0) is 10.4. The lowest BCUT2D eigenvalue weighted by atomic mass is 10.4. The molecule has 0 aliphatic heterocycles. The van der Waals surface area contributed by atoms with E-state index in [1.807, 2.05) is 0 Å². The van der Waals surface area contributed by atoms with Crippen molar-refractivity contribution >= 4 is 10.0 Å². The second-order valence-electron chi connectivity index (χ2n) is 2.56. The molecule has 0 aliphatic rings. The van der Waals surface area contributed by atoms with E-state index >= 15 is 0 Å². The maximum absolute atomic E-state index is 11.0. The normalized spacial score (nSPS) is 10.8. The van der Waals surface area contributed by atoms with Crippen LogP contribution in [0.3, 0.4) is 0 Å². The monoisotopic (exact) mass is 211 g/mol. The molecule has 0 bridgehead atoms. The number of nitriles is 1. The smallest absolute Gasteiger partial charge is 0.225 e. The van der Waals surface area contributed by atoms with E-state index in [2.05, 4.69) is 9.71 Å². The predicted molar refractivity (Wildman–Crippen MR) is 50.5 cm³/mol. The summed E-state index contributed by atoms with van der Waals surface area (Å²) >= 11 is 0. The van der Waals surface area contributed by atoms with Crippen molar-refractivity contribution in [2.45, 2.75) is 6.54 Å². The van der Waals surface area contributed by atoms with Crippen LogP contribution in [0.5, 0.6) is 0 Å². The molecule has 14 heavy (non-hydrogen) atoms. The van der Waals surface area contributed by atoms with Crippen LogP contribution in [0.2, 0.25) is 0 Å². The van der Waals surface area contributed by atoms with Crippen LogP contribution in [-0.2, 0) is 16.6 Å². The summed E-state index contributed by atoms with van der Waals surface area (Å²) in [6.45, 7) is 0.116. The Kier molecular flexibility index (Phi) is 3.56. The van der Waals surface area contributed by atoms with Gasteiger partial charge in [-0.3, -0.25) is 4.98 Å². The van der Waals surface area contributed by atoms with E-state index in [1.165, 1.54) is 0 Å². The molecule has 1 aromatic heterocycles. The first-order chi connectivity index (χ1) is 6.64. The average Bonchev–Trinajstić information content (AvgIpc) is 2.17. The fraction of sp³-hybridized carbons (Fsp3) is 0.250. The third-order valence-corrected chi connectivity index (χ3v) is 2.55. The molecule has 0 spiro atoms. The third-order valence-electron chi connectivity index (χ3n) is 1.45. The molecular formula is C8H9N3O2S. The lowest BCUT2D eigenvalue weighted by Gasteiger charge is -2.01. The minimum atomic E-state index is -3.48. The fourth-order valence-electron chi connectivity index (χ4n) is 0.823. The van der Waals surface area contributed by atoms with Gasteiger partial charge in [0.1, 0.15) is 0 Å². The van der Waals surface area contributed by atoms with Crippen molar-refractivity contribution in [1.29, 1.82) is 5.26 Å². The van der Waals surface area contributed by atoms with Gasteiger partial charge < -0.3 is 0 Å². The lowest BCUT2D eigenvalue weighted by Crippen LogP contribution is -2.25. The zero-order valence-corrected chi connectivity index (χ0v) is 8.16. The summed E-state index contributed by atoms with van der Waals surface area (Å²) in [6, 6.07) is 6.78. The van der Waals surface area contributed by atoms with Gasteiger partial charge in [-0.15, -0.1) is 0 Å². The highest BCUT2D eigenvalue weighted by molar-refractivity contribution is 7.89. The van der Waals surface area contributed by atoms with E-state index < -0.39 is 15.8 Å². The van der Waals surface area contributed by atoms with Gasteiger partial charge in [-0.25, -0.2) is 13.1 Å². The van der Waals surface area contributed by atoms with Crippen LogP contribution >= 0.6 is 0 Å². The van der Waals surface area contributed by atoms with Crippen molar-refractivity contribution in [3.8, 4) is 6.07 Å². The Balaban J connectivity index is 2.55. The highest BCUT2D eigenvalue weighted by atomic mass is 32.2. The second-order valence-corrected chi connectivity index (χ2v) is 4.37. The van der Waals surface area contributed by atoms with Gasteiger partial charge in [0.25, 0.3) is 0 Å². The minimum absolute atomic E-state index is 0.116. The van der Waals surface area contributed by atoms with Gasteiger partial charge in [0.05, 0.1) is 18.3 Å². The van der Waals surface area contributed by atoms with Gasteiger partial charge in [-0.1, -0.05) is 6.07 Å². The van der Waals surface area contributed by atoms with Gasteiger partial charge in [-0.2, -0.15) is 5.26 Å². The maximum Gasteiger partial charge on any atom is 0.225 e. The third kappa shape index (κ3) is 3.51. The molecule has 1 N–H and O–H groups in total. The number of hydrogen-bond donors (Lipinski definition) is 1. The van der Waals surface area contributed by atoms with Crippen molar-refractivity contribution in [3.63, 3.8) is 0 Å². The van der Waals surface area contributed by atoms with Crippen LogP contribution in [0, 0.1) is 11.3 Å². The molecule has 6 heteroatoms. The quantitative estimate of drug-likeness (QED) is 0.761. The first-order valence-electron chi connectivity index (χ1n) is 3.88. The summed E-state index contributed by atoms with van der Waals surface area (Å²) in [5, 5.41) is 8.21. The molecule has 0 saturated carbocycles. The Bertz CT molecular complexity index is 422. The van der Waals surface area contributed by atoms with Gasteiger partial charge in [-0.05, 0) is 12.1 Å². The Labute approximate surface area is 82.4 Å². The molecule has 0 unspecified atom stereocenters. The molecule has 1 aromatic rings. The van der Waals surface area contributed by atoms with Crippen molar-refractivity contribution < 1.29 is 8.42 Å². The molecule has 0 amide bonds. The van der Waals surface area contributed by atoms with Crippen molar-refractivity contribution in [2.24, 2.45) is 0 Å². The maximum atomic E-state index is 11.0. The van der Waals surface area contributed by atoms with Crippen molar-refractivity contribution in [3.05, 3.63) is 30.1 Å². The van der Waals surface area contributed by atoms with E-state index in [0.717, 1.165) is 0 Å². The molecule has 0 aromatic carbocycles. The average molecular weight is 211 g/mol. The van der Waals surface area contributed by atoms with Crippen LogP contribution < -0.4 is 4.72 Å². The molecule has 74 valence electrons. The summed E-state index contributed by atoms with van der Waals surface area (Å²) in [7, 11) is -3.48. The van der Waals surface area contributed by atoms with Crippen LogP contribution in [0.1, 0.15) is 5.69 Å². The number of hydrogen-bond acceptors (Lipinski definition) is 4. The van der Waals surface area contributed by atoms with Crippen LogP contribution in [0.4, 0.5) is 0 Å². The molecule has 0 aliphatic carbocycles. The summed E-state index contributed by atoms with van der Waals surface area (Å²) in [5.74, 6) is -0.528. The van der Waals surface area contributed by atoms with Crippen molar-refractivity contribution in [2.75, 3.05) is 5.75 Å². The van der Waals surface area contributed by atoms with Crippen molar-refractivity contribution in [1.82, 2.24) is 9.71 Å². The number of sulfonamides is 1. The SMILES string of the molecule is N#CCS(=O)(=O)NCc1ccccn1. The van der Waals surface area contributed by atoms with E-state index in [-0.39, 0.29) is 6.54 Å². The Morgan fingerprint density at radius 1 is 1.50 bits per heavy atom. The molecule has 0 atom stereocenters. The topological polar surface area (TPSA) is 82.8 Å². The van der Waals surface area contributed by atoms with Crippen LogP contribution in [-0.4, -0.2) is 19.2 Å². The summed E-state index contributed by atoms with van der Waals surface area (Å²) in [6.07, 6.45) is 1.58. The number of aromatic nitrogens is 1. The zero-order valence-electron chi connectivity index (χ0n) is 7.34. The lowest BCUT2D eigenvalue weighted by molar-refractivity contribution is 0.584. The highest BCUT2D eigenvalue weighted by Gasteiger charge is 2.08. The van der Waals surface area contributed by atoms with Gasteiger partial charge in [0.15, 0.2) is 5.75 Å². The Hall–Kier alpha value is -1.45. The molecule has 0 fully saturated rings. The largest absolute Gasteiger partial charge is 0.260 e. The minimum Gasteiger partial charge on any atom is -0.260 e. The number of nitrogens with zero attached hydrogens (tertiary/aromatic N) is 2. The van der Waals surface area contributed by atoms with Crippen LogP contribution in [0.25, 0.3) is 0 Å².